The third-order valence-corrected chi connectivity index (χ3v) is 5.30. The monoisotopic (exact) mass is 299 g/mol. The lowest BCUT2D eigenvalue weighted by molar-refractivity contribution is 0.189. The highest BCUT2D eigenvalue weighted by molar-refractivity contribution is 9.10. The summed E-state index contributed by atoms with van der Waals surface area (Å²) in [6.07, 6.45) is 7.10. The molecule has 3 aliphatic heterocycles. The Kier molecular flexibility index (Phi) is 3.02. The van der Waals surface area contributed by atoms with Gasteiger partial charge in [-0.3, -0.25) is 4.90 Å². The highest BCUT2D eigenvalue weighted by atomic mass is 79.9. The maximum Gasteiger partial charge on any atom is 0.173 e. The number of halogens is 1. The molecule has 0 aliphatic carbocycles. The third kappa shape index (κ3) is 1.85. The van der Waals surface area contributed by atoms with Crippen LogP contribution in [-0.2, 0) is 0 Å². The van der Waals surface area contributed by atoms with Crippen LogP contribution in [0.5, 0.6) is 0 Å². The van der Waals surface area contributed by atoms with Gasteiger partial charge in [0, 0.05) is 24.7 Å². The van der Waals surface area contributed by atoms with Gasteiger partial charge in [-0.25, -0.2) is 0 Å². The number of dihydropyridines is 1. The highest BCUT2D eigenvalue weighted by Crippen LogP contribution is 2.37. The molecule has 0 aromatic rings. The van der Waals surface area contributed by atoms with Gasteiger partial charge in [0.05, 0.1) is 6.61 Å². The second-order valence-corrected chi connectivity index (χ2v) is 6.14. The molecule has 3 heterocycles. The molecule has 2 saturated heterocycles. The molecule has 0 spiro atoms. The molecule has 0 aromatic heterocycles. The van der Waals surface area contributed by atoms with Crippen LogP contribution in [-0.4, -0.2) is 46.9 Å². The van der Waals surface area contributed by atoms with Crippen molar-refractivity contribution in [2.24, 2.45) is 5.92 Å². The van der Waals surface area contributed by atoms with E-state index >= 15 is 0 Å². The molecular formula is C12H18BrN3O. The van der Waals surface area contributed by atoms with Crippen LogP contribution >= 0.6 is 15.9 Å². The Morgan fingerprint density at radius 1 is 1.53 bits per heavy atom. The fourth-order valence-electron chi connectivity index (χ4n) is 3.08. The summed E-state index contributed by atoms with van der Waals surface area (Å²) in [5.41, 5.74) is 0.972. The Bertz CT molecular complexity index is 359. The zero-order valence-electron chi connectivity index (χ0n) is 9.69. The number of hydrogen-bond donors (Lipinski definition) is 3. The van der Waals surface area contributed by atoms with Gasteiger partial charge < -0.3 is 15.7 Å². The van der Waals surface area contributed by atoms with E-state index in [-0.39, 0.29) is 6.61 Å². The second-order valence-electron chi connectivity index (χ2n) is 4.99. The first-order valence-electron chi connectivity index (χ1n) is 6.16. The predicted molar refractivity (Wildman–Crippen MR) is 70.6 cm³/mol. The quantitative estimate of drug-likeness (QED) is 0.509. The topological polar surface area (TPSA) is 47.5 Å². The van der Waals surface area contributed by atoms with E-state index in [1.807, 2.05) is 18.4 Å². The van der Waals surface area contributed by atoms with Crippen molar-refractivity contribution in [3.8, 4) is 0 Å². The fraction of sp³-hybridized carbons (Fsp3) is 0.667. The van der Waals surface area contributed by atoms with Gasteiger partial charge in [-0.05, 0) is 47.1 Å². The molecule has 94 valence electrons. The van der Waals surface area contributed by atoms with Gasteiger partial charge in [-0.1, -0.05) is 6.08 Å². The van der Waals surface area contributed by atoms with Crippen molar-refractivity contribution < 1.29 is 5.11 Å². The van der Waals surface area contributed by atoms with E-state index in [0.717, 1.165) is 31.1 Å². The second kappa shape index (κ2) is 4.39. The van der Waals surface area contributed by atoms with Crippen molar-refractivity contribution in [1.29, 1.82) is 0 Å². The van der Waals surface area contributed by atoms with Gasteiger partial charge in [0.15, 0.2) is 4.57 Å². The lowest BCUT2D eigenvalue weighted by Crippen LogP contribution is -2.55. The van der Waals surface area contributed by atoms with E-state index in [0.29, 0.717) is 6.04 Å². The van der Waals surface area contributed by atoms with Crippen LogP contribution in [0.2, 0.25) is 0 Å². The Labute approximate surface area is 110 Å². The molecule has 0 amide bonds. The van der Waals surface area contributed by atoms with E-state index in [9.17, 15) is 5.11 Å². The molecular weight excluding hydrogens is 282 g/mol. The molecule has 3 aliphatic rings. The number of rotatable bonds is 2. The van der Waals surface area contributed by atoms with Gasteiger partial charge in [0.25, 0.3) is 0 Å². The summed E-state index contributed by atoms with van der Waals surface area (Å²) in [5, 5.41) is 16.4. The molecule has 0 bridgehead atoms. The Hall–Kier alpha value is -0.360. The van der Waals surface area contributed by atoms with E-state index in [1.165, 1.54) is 6.42 Å². The molecule has 0 saturated carbocycles. The van der Waals surface area contributed by atoms with Crippen LogP contribution in [0.1, 0.15) is 6.42 Å². The summed E-state index contributed by atoms with van der Waals surface area (Å²) < 4.78 is -0.400. The van der Waals surface area contributed by atoms with Crippen LogP contribution in [0.3, 0.4) is 0 Å². The minimum atomic E-state index is -0.400. The number of nitrogens with zero attached hydrogens (tertiary/aromatic N) is 1. The molecule has 3 atom stereocenters. The van der Waals surface area contributed by atoms with Crippen molar-refractivity contribution in [2.45, 2.75) is 17.0 Å². The summed E-state index contributed by atoms with van der Waals surface area (Å²) in [4.78, 5) is 2.38. The van der Waals surface area contributed by atoms with Crippen molar-refractivity contribution in [2.75, 3.05) is 26.2 Å². The maximum absolute atomic E-state index is 9.48. The summed E-state index contributed by atoms with van der Waals surface area (Å²) in [6.45, 7) is 3.31. The van der Waals surface area contributed by atoms with E-state index in [2.05, 4.69) is 31.5 Å². The van der Waals surface area contributed by atoms with Crippen molar-refractivity contribution in [1.82, 2.24) is 15.5 Å². The number of fused-ring (bicyclic) bond motifs is 1. The minimum Gasteiger partial charge on any atom is -0.392 e. The molecule has 0 aromatic carbocycles. The van der Waals surface area contributed by atoms with E-state index < -0.39 is 4.57 Å². The third-order valence-electron chi connectivity index (χ3n) is 4.06. The first kappa shape index (κ1) is 11.7. The van der Waals surface area contributed by atoms with Gasteiger partial charge >= 0.3 is 0 Å². The van der Waals surface area contributed by atoms with Crippen LogP contribution in [0.4, 0.5) is 0 Å². The highest BCUT2D eigenvalue weighted by Gasteiger charge is 2.46. The zero-order chi connectivity index (χ0) is 11.9. The zero-order valence-corrected chi connectivity index (χ0v) is 11.3. The number of hydrogen-bond acceptors (Lipinski definition) is 4. The first-order chi connectivity index (χ1) is 8.24. The van der Waals surface area contributed by atoms with Crippen molar-refractivity contribution >= 4 is 15.9 Å². The number of aliphatic hydroxyl groups is 1. The number of nitrogens with one attached hydrogen (secondary N) is 2. The fourth-order valence-corrected chi connectivity index (χ4v) is 3.76. The molecule has 17 heavy (non-hydrogen) atoms. The average molecular weight is 300 g/mol. The summed E-state index contributed by atoms with van der Waals surface area (Å²) in [5.74, 6) is 0.747. The molecule has 3 N–H and O–H groups in total. The predicted octanol–water partition coefficient (Wildman–Crippen LogP) is 0.364. The Morgan fingerprint density at radius 2 is 2.41 bits per heavy atom. The summed E-state index contributed by atoms with van der Waals surface area (Å²) >= 11 is 3.77. The Balaban J connectivity index is 1.80. The van der Waals surface area contributed by atoms with Gasteiger partial charge in [-0.2, -0.15) is 0 Å². The molecule has 2 fully saturated rings. The lowest BCUT2D eigenvalue weighted by atomic mass is 10.1. The van der Waals surface area contributed by atoms with Crippen LogP contribution in [0.25, 0.3) is 0 Å². The van der Waals surface area contributed by atoms with Crippen LogP contribution in [0, 0.1) is 5.92 Å². The van der Waals surface area contributed by atoms with Gasteiger partial charge in [0.2, 0.25) is 0 Å². The summed E-state index contributed by atoms with van der Waals surface area (Å²) in [7, 11) is 0. The van der Waals surface area contributed by atoms with E-state index in [4.69, 9.17) is 0 Å². The lowest BCUT2D eigenvalue weighted by Gasteiger charge is -2.40. The standard InChI is InChI=1S/C12H18BrN3O/c13-12(10(8-17)2-1-4-15-12)16-6-9-3-5-14-11(9)7-16/h1-2,4,9,11,14-15,17H,3,5-8H2/t9-,11+,12+/m1/s1. The largest absolute Gasteiger partial charge is 0.392 e. The number of likely N-dealkylation sites (tertiary alicyclic amines) is 1. The molecule has 3 rings (SSSR count). The number of alkyl halides is 1. The van der Waals surface area contributed by atoms with Crippen LogP contribution in [0.15, 0.2) is 23.9 Å². The first-order valence-corrected chi connectivity index (χ1v) is 6.95. The molecule has 5 heteroatoms. The minimum absolute atomic E-state index is 0.0713. The summed E-state index contributed by atoms with van der Waals surface area (Å²) in [6, 6.07) is 0.608. The van der Waals surface area contributed by atoms with Crippen LogP contribution < -0.4 is 10.6 Å². The average Bonchev–Trinajstić information content (AvgIpc) is 2.89. The van der Waals surface area contributed by atoms with E-state index in [1.54, 1.807) is 0 Å². The SMILES string of the molecule is OCC1=CC=CN[C@]1(Br)N1C[C@H]2CCN[C@H]2C1. The van der Waals surface area contributed by atoms with Crippen molar-refractivity contribution in [3.05, 3.63) is 23.9 Å². The maximum atomic E-state index is 9.48. The number of allylic oxidation sites excluding steroid dienone is 2. The molecule has 0 unspecified atom stereocenters. The Morgan fingerprint density at radius 3 is 3.18 bits per heavy atom. The smallest absolute Gasteiger partial charge is 0.173 e. The number of aliphatic hydroxyl groups excluding tert-OH is 1. The van der Waals surface area contributed by atoms with Gasteiger partial charge in [-0.15, -0.1) is 0 Å². The normalized spacial score (nSPS) is 41.2. The van der Waals surface area contributed by atoms with Gasteiger partial charge in [0.1, 0.15) is 0 Å². The molecule has 0 radical (unpaired) electrons. The molecule has 4 nitrogen and oxygen atoms in total. The van der Waals surface area contributed by atoms with Crippen molar-refractivity contribution in [3.63, 3.8) is 0 Å².